The van der Waals surface area contributed by atoms with Gasteiger partial charge >= 0.3 is 5.97 Å². The van der Waals surface area contributed by atoms with Crippen molar-refractivity contribution in [2.75, 3.05) is 37.6 Å². The smallest absolute Gasteiger partial charge is 0.335 e. The maximum Gasteiger partial charge on any atom is 0.335 e. The zero-order chi connectivity index (χ0) is 23.3. The van der Waals surface area contributed by atoms with Crippen molar-refractivity contribution in [2.24, 2.45) is 0 Å². The molecule has 5 rings (SSSR count). The van der Waals surface area contributed by atoms with Gasteiger partial charge in [0.15, 0.2) is 5.82 Å². The number of benzene rings is 3. The summed E-state index contributed by atoms with van der Waals surface area (Å²) in [7, 11) is 0. The molecule has 6 heteroatoms. The van der Waals surface area contributed by atoms with Crippen molar-refractivity contribution >= 4 is 22.6 Å². The molecule has 1 fully saturated rings. The molecular weight excluding hydrogens is 424 g/mol. The summed E-state index contributed by atoms with van der Waals surface area (Å²) in [4.78, 5) is 15.8. The van der Waals surface area contributed by atoms with Crippen LogP contribution in [0.15, 0.2) is 78.9 Å². The number of nitrogens with zero attached hydrogens (tertiary/aromatic N) is 4. The molecule has 3 aromatic carbocycles. The zero-order valence-corrected chi connectivity index (χ0v) is 19.1. The molecule has 4 aromatic rings. The van der Waals surface area contributed by atoms with Crippen LogP contribution in [0.4, 0.5) is 5.82 Å². The average molecular weight is 453 g/mol. The molecule has 1 N–H and O–H groups in total. The van der Waals surface area contributed by atoms with Crippen LogP contribution in [-0.2, 0) is 12.8 Å². The molecule has 1 aliphatic heterocycles. The normalized spacial score (nSPS) is 14.4. The Balaban J connectivity index is 1.24. The van der Waals surface area contributed by atoms with Gasteiger partial charge in [-0.25, -0.2) is 4.79 Å². The van der Waals surface area contributed by atoms with Gasteiger partial charge in [-0.3, -0.25) is 4.90 Å². The number of aromatic nitrogens is 2. The molecule has 34 heavy (non-hydrogen) atoms. The standard InChI is InChI=1S/C28H28N4O2/c33-28(34)23-12-10-21(11-13-23)14-15-31-16-18-32(19-17-31)27-25-9-5-4-8-24(25)26(29-30-27)20-22-6-2-1-3-7-22/h1-13H,14-20H2,(H,33,34). The summed E-state index contributed by atoms with van der Waals surface area (Å²) in [5.74, 6) is 0.0858. The molecule has 1 aromatic heterocycles. The Morgan fingerprint density at radius 3 is 2.15 bits per heavy atom. The summed E-state index contributed by atoms with van der Waals surface area (Å²) in [5, 5.41) is 20.7. The summed E-state index contributed by atoms with van der Waals surface area (Å²) in [6.45, 7) is 4.72. The van der Waals surface area contributed by atoms with Crippen LogP contribution in [-0.4, -0.2) is 58.9 Å². The highest BCUT2D eigenvalue weighted by Gasteiger charge is 2.21. The van der Waals surface area contributed by atoms with Gasteiger partial charge in [0.1, 0.15) is 0 Å². The molecule has 6 nitrogen and oxygen atoms in total. The van der Waals surface area contributed by atoms with E-state index in [0.717, 1.165) is 62.5 Å². The predicted molar refractivity (Wildman–Crippen MR) is 135 cm³/mol. The molecule has 1 aliphatic rings. The second kappa shape index (κ2) is 10.0. The van der Waals surface area contributed by atoms with E-state index in [1.54, 1.807) is 12.1 Å². The lowest BCUT2D eigenvalue weighted by atomic mass is 10.0. The first kappa shape index (κ1) is 22.0. The predicted octanol–water partition coefficient (Wildman–Crippen LogP) is 4.28. The van der Waals surface area contributed by atoms with Gasteiger partial charge in [-0.2, -0.15) is 5.10 Å². The lowest BCUT2D eigenvalue weighted by Gasteiger charge is -2.35. The van der Waals surface area contributed by atoms with Gasteiger partial charge in [-0.1, -0.05) is 66.7 Å². The van der Waals surface area contributed by atoms with Crippen molar-refractivity contribution in [3.05, 3.63) is 101 Å². The number of hydrogen-bond donors (Lipinski definition) is 1. The minimum Gasteiger partial charge on any atom is -0.478 e. The zero-order valence-electron chi connectivity index (χ0n) is 19.1. The molecule has 1 saturated heterocycles. The quantitative estimate of drug-likeness (QED) is 0.451. The van der Waals surface area contributed by atoms with E-state index in [2.05, 4.69) is 68.5 Å². The van der Waals surface area contributed by atoms with Gasteiger partial charge in [0, 0.05) is 49.9 Å². The highest BCUT2D eigenvalue weighted by molar-refractivity contribution is 5.93. The largest absolute Gasteiger partial charge is 0.478 e. The molecule has 0 amide bonds. The van der Waals surface area contributed by atoms with Crippen LogP contribution >= 0.6 is 0 Å². The molecular formula is C28H28N4O2. The van der Waals surface area contributed by atoms with E-state index in [1.807, 2.05) is 18.2 Å². The Hall–Kier alpha value is -3.77. The molecule has 0 radical (unpaired) electrons. The third kappa shape index (κ3) is 4.92. The minimum atomic E-state index is -0.883. The molecule has 0 aliphatic carbocycles. The van der Waals surface area contributed by atoms with Crippen molar-refractivity contribution in [1.82, 2.24) is 15.1 Å². The van der Waals surface area contributed by atoms with Crippen molar-refractivity contribution in [3.8, 4) is 0 Å². The van der Waals surface area contributed by atoms with Crippen LogP contribution in [0, 0.1) is 0 Å². The number of carboxylic acid groups (broad SMARTS) is 1. The Kier molecular flexibility index (Phi) is 6.49. The number of carboxylic acids is 1. The van der Waals surface area contributed by atoms with Gasteiger partial charge in [-0.05, 0) is 29.7 Å². The maximum absolute atomic E-state index is 11.0. The Bertz CT molecular complexity index is 1270. The van der Waals surface area contributed by atoms with E-state index in [9.17, 15) is 4.79 Å². The van der Waals surface area contributed by atoms with Crippen molar-refractivity contribution < 1.29 is 9.90 Å². The van der Waals surface area contributed by atoms with E-state index in [0.29, 0.717) is 5.56 Å². The molecule has 0 bridgehead atoms. The van der Waals surface area contributed by atoms with Gasteiger partial charge in [0.2, 0.25) is 0 Å². The minimum absolute atomic E-state index is 0.334. The van der Waals surface area contributed by atoms with Gasteiger partial charge in [0.05, 0.1) is 11.3 Å². The van der Waals surface area contributed by atoms with Gasteiger partial charge in [0.25, 0.3) is 0 Å². The van der Waals surface area contributed by atoms with E-state index < -0.39 is 5.97 Å². The van der Waals surface area contributed by atoms with Crippen LogP contribution in [0.5, 0.6) is 0 Å². The number of rotatable bonds is 7. The first-order chi connectivity index (χ1) is 16.7. The fraction of sp³-hybridized carbons (Fsp3) is 0.250. The second-order valence-electron chi connectivity index (χ2n) is 8.76. The Morgan fingerprint density at radius 1 is 0.765 bits per heavy atom. The summed E-state index contributed by atoms with van der Waals surface area (Å²) in [6, 6.07) is 26.1. The Labute approximate surface area is 199 Å². The topological polar surface area (TPSA) is 69.6 Å². The molecule has 172 valence electrons. The summed E-state index contributed by atoms with van der Waals surface area (Å²) < 4.78 is 0. The van der Waals surface area contributed by atoms with Crippen molar-refractivity contribution in [2.45, 2.75) is 12.8 Å². The third-order valence-corrected chi connectivity index (χ3v) is 6.55. The number of carbonyl (C=O) groups is 1. The summed E-state index contributed by atoms with van der Waals surface area (Å²) in [5.41, 5.74) is 3.75. The number of aromatic carboxylic acids is 1. The highest BCUT2D eigenvalue weighted by Crippen LogP contribution is 2.27. The molecule has 0 unspecified atom stereocenters. The van der Waals surface area contributed by atoms with E-state index >= 15 is 0 Å². The van der Waals surface area contributed by atoms with Crippen molar-refractivity contribution in [3.63, 3.8) is 0 Å². The van der Waals surface area contributed by atoms with Gasteiger partial charge < -0.3 is 10.0 Å². The SMILES string of the molecule is O=C(O)c1ccc(CCN2CCN(c3nnc(Cc4ccccc4)c4ccccc34)CC2)cc1. The lowest BCUT2D eigenvalue weighted by Crippen LogP contribution is -2.47. The second-order valence-corrected chi connectivity index (χ2v) is 8.76. The van der Waals surface area contributed by atoms with Crippen molar-refractivity contribution in [1.29, 1.82) is 0 Å². The third-order valence-electron chi connectivity index (χ3n) is 6.55. The molecule has 2 heterocycles. The average Bonchev–Trinajstić information content (AvgIpc) is 2.89. The van der Waals surface area contributed by atoms with Crippen LogP contribution in [0.2, 0.25) is 0 Å². The van der Waals surface area contributed by atoms with Gasteiger partial charge in [-0.15, -0.1) is 5.10 Å². The first-order valence-electron chi connectivity index (χ1n) is 11.7. The molecule has 0 saturated carbocycles. The van der Waals surface area contributed by atoms with E-state index in [1.165, 1.54) is 16.5 Å². The first-order valence-corrected chi connectivity index (χ1v) is 11.7. The fourth-order valence-electron chi connectivity index (χ4n) is 4.58. The maximum atomic E-state index is 11.0. The summed E-state index contributed by atoms with van der Waals surface area (Å²) >= 11 is 0. The number of hydrogen-bond acceptors (Lipinski definition) is 5. The highest BCUT2D eigenvalue weighted by atomic mass is 16.4. The van der Waals surface area contributed by atoms with Crippen LogP contribution < -0.4 is 4.90 Å². The Morgan fingerprint density at radius 2 is 1.44 bits per heavy atom. The van der Waals surface area contributed by atoms with Crippen LogP contribution in [0.1, 0.15) is 27.2 Å². The van der Waals surface area contributed by atoms with E-state index in [-0.39, 0.29) is 0 Å². The van der Waals surface area contributed by atoms with Crippen LogP contribution in [0.3, 0.4) is 0 Å². The van der Waals surface area contributed by atoms with Crippen LogP contribution in [0.25, 0.3) is 10.8 Å². The number of anilines is 1. The number of fused-ring (bicyclic) bond motifs is 1. The molecule has 0 atom stereocenters. The molecule has 0 spiro atoms. The fourth-order valence-corrected chi connectivity index (χ4v) is 4.58. The number of piperazine rings is 1. The monoisotopic (exact) mass is 452 g/mol. The lowest BCUT2D eigenvalue weighted by molar-refractivity contribution is 0.0697. The summed E-state index contributed by atoms with van der Waals surface area (Å²) in [6.07, 6.45) is 1.69. The van der Waals surface area contributed by atoms with E-state index in [4.69, 9.17) is 5.11 Å².